The molecule has 2 heterocycles. The van der Waals surface area contributed by atoms with Crippen molar-refractivity contribution in [2.75, 3.05) is 13.7 Å². The molecule has 0 bridgehead atoms. The van der Waals surface area contributed by atoms with Gasteiger partial charge in [0.1, 0.15) is 23.9 Å². The zero-order chi connectivity index (χ0) is 17.6. The monoisotopic (exact) mass is 344 g/mol. The van der Waals surface area contributed by atoms with Gasteiger partial charge < -0.3 is 18.6 Å². The van der Waals surface area contributed by atoms with Crippen LogP contribution >= 0.6 is 0 Å². The third-order valence-corrected chi connectivity index (χ3v) is 3.56. The minimum Gasteiger partial charge on any atom is -0.467 e. The van der Waals surface area contributed by atoms with Crippen molar-refractivity contribution in [2.24, 2.45) is 0 Å². The molecule has 0 aliphatic rings. The number of furan rings is 1. The molecule has 3 rings (SSSR count). The SMILES string of the molecule is CN(Cc1ccco1)C(=O)COCc1cc(-c2ccc(F)cc2)on1. The largest absolute Gasteiger partial charge is 0.467 e. The van der Waals surface area contributed by atoms with Crippen LogP contribution in [0, 0.1) is 5.82 Å². The van der Waals surface area contributed by atoms with Crippen LogP contribution in [0.3, 0.4) is 0 Å². The summed E-state index contributed by atoms with van der Waals surface area (Å²) in [5, 5.41) is 3.88. The van der Waals surface area contributed by atoms with E-state index in [1.807, 2.05) is 0 Å². The number of halogens is 1. The van der Waals surface area contributed by atoms with Gasteiger partial charge in [-0.15, -0.1) is 0 Å². The fourth-order valence-electron chi connectivity index (χ4n) is 2.21. The zero-order valence-electron chi connectivity index (χ0n) is 13.6. The second-order valence-electron chi connectivity index (χ2n) is 5.51. The highest BCUT2D eigenvalue weighted by Gasteiger charge is 2.12. The van der Waals surface area contributed by atoms with E-state index in [1.54, 1.807) is 43.6 Å². The molecular formula is C18H17FN2O4. The van der Waals surface area contributed by atoms with Gasteiger partial charge in [-0.3, -0.25) is 4.79 Å². The van der Waals surface area contributed by atoms with Gasteiger partial charge in [0.25, 0.3) is 0 Å². The van der Waals surface area contributed by atoms with Gasteiger partial charge in [-0.2, -0.15) is 0 Å². The van der Waals surface area contributed by atoms with E-state index in [2.05, 4.69) is 5.16 Å². The van der Waals surface area contributed by atoms with E-state index >= 15 is 0 Å². The Balaban J connectivity index is 1.47. The minimum absolute atomic E-state index is 0.0735. The molecule has 0 saturated carbocycles. The third-order valence-electron chi connectivity index (χ3n) is 3.56. The van der Waals surface area contributed by atoms with Gasteiger partial charge in [-0.25, -0.2) is 4.39 Å². The summed E-state index contributed by atoms with van der Waals surface area (Å²) in [4.78, 5) is 13.5. The van der Waals surface area contributed by atoms with Gasteiger partial charge in [0.05, 0.1) is 19.4 Å². The van der Waals surface area contributed by atoms with Crippen molar-refractivity contribution >= 4 is 5.91 Å². The average molecular weight is 344 g/mol. The first-order chi connectivity index (χ1) is 12.1. The van der Waals surface area contributed by atoms with Crippen molar-refractivity contribution in [3.05, 3.63) is 66.0 Å². The number of likely N-dealkylation sites (N-methyl/N-ethyl adjacent to an activating group) is 1. The second kappa shape index (κ2) is 7.76. The Morgan fingerprint density at radius 3 is 2.80 bits per heavy atom. The number of carbonyl (C=O) groups is 1. The van der Waals surface area contributed by atoms with E-state index in [0.717, 1.165) is 5.56 Å². The molecule has 2 aromatic heterocycles. The maximum Gasteiger partial charge on any atom is 0.248 e. The molecular weight excluding hydrogens is 327 g/mol. The molecule has 130 valence electrons. The van der Waals surface area contributed by atoms with Crippen molar-refractivity contribution < 1.29 is 22.9 Å². The number of carbonyl (C=O) groups excluding carboxylic acids is 1. The van der Waals surface area contributed by atoms with Gasteiger partial charge >= 0.3 is 0 Å². The maximum absolute atomic E-state index is 12.9. The Morgan fingerprint density at radius 2 is 2.08 bits per heavy atom. The molecule has 0 radical (unpaired) electrons. The van der Waals surface area contributed by atoms with Gasteiger partial charge in [0.2, 0.25) is 5.91 Å². The van der Waals surface area contributed by atoms with Crippen molar-refractivity contribution in [3.8, 4) is 11.3 Å². The third kappa shape index (κ3) is 4.54. The fraction of sp³-hybridized carbons (Fsp3) is 0.222. The van der Waals surface area contributed by atoms with Gasteiger partial charge in [-0.1, -0.05) is 5.16 Å². The highest BCUT2D eigenvalue weighted by molar-refractivity contribution is 5.77. The highest BCUT2D eigenvalue weighted by Crippen LogP contribution is 2.20. The lowest BCUT2D eigenvalue weighted by Gasteiger charge is -2.15. The number of hydrogen-bond donors (Lipinski definition) is 0. The molecule has 0 fully saturated rings. The summed E-state index contributed by atoms with van der Waals surface area (Å²) in [6.07, 6.45) is 1.56. The standard InChI is InChI=1S/C18H17FN2O4/c1-21(10-16-3-2-8-24-16)18(22)12-23-11-15-9-17(25-20-15)13-4-6-14(19)7-5-13/h2-9H,10-12H2,1H3. The summed E-state index contributed by atoms with van der Waals surface area (Å²) < 4.78 is 28.7. The van der Waals surface area contributed by atoms with Gasteiger partial charge in [0.15, 0.2) is 5.76 Å². The molecule has 7 heteroatoms. The Hall–Kier alpha value is -2.93. The van der Waals surface area contributed by atoms with E-state index in [-0.39, 0.29) is 24.9 Å². The molecule has 1 amide bonds. The van der Waals surface area contributed by atoms with Gasteiger partial charge in [-0.05, 0) is 36.4 Å². The second-order valence-corrected chi connectivity index (χ2v) is 5.51. The summed E-state index contributed by atoms with van der Waals surface area (Å²) in [5.74, 6) is 0.735. The van der Waals surface area contributed by atoms with E-state index in [4.69, 9.17) is 13.7 Å². The normalized spacial score (nSPS) is 10.8. The number of benzene rings is 1. The quantitative estimate of drug-likeness (QED) is 0.658. The summed E-state index contributed by atoms with van der Waals surface area (Å²) in [6.45, 7) is 0.453. The maximum atomic E-state index is 12.9. The van der Waals surface area contributed by atoms with Crippen LogP contribution in [-0.2, 0) is 22.7 Å². The Labute approximate surface area is 143 Å². The molecule has 0 saturated heterocycles. The molecule has 25 heavy (non-hydrogen) atoms. The smallest absolute Gasteiger partial charge is 0.248 e. The van der Waals surface area contributed by atoms with Crippen LogP contribution in [-0.4, -0.2) is 29.6 Å². The molecule has 0 atom stereocenters. The van der Waals surface area contributed by atoms with Gasteiger partial charge in [0, 0.05) is 18.7 Å². The number of rotatable bonds is 7. The van der Waals surface area contributed by atoms with Crippen molar-refractivity contribution in [2.45, 2.75) is 13.2 Å². The summed E-state index contributed by atoms with van der Waals surface area (Å²) in [5.41, 5.74) is 1.27. The molecule has 0 unspecified atom stereocenters. The topological polar surface area (TPSA) is 68.7 Å². The van der Waals surface area contributed by atoms with Crippen molar-refractivity contribution in [1.82, 2.24) is 10.1 Å². The Kier molecular flexibility index (Phi) is 5.25. The van der Waals surface area contributed by atoms with Crippen molar-refractivity contribution in [3.63, 3.8) is 0 Å². The average Bonchev–Trinajstić information content (AvgIpc) is 3.27. The number of amides is 1. The molecule has 0 aliphatic heterocycles. The van der Waals surface area contributed by atoms with Crippen LogP contribution in [0.4, 0.5) is 4.39 Å². The Bertz CT molecular complexity index is 812. The van der Waals surface area contributed by atoms with E-state index in [1.165, 1.54) is 17.0 Å². The van der Waals surface area contributed by atoms with Crippen LogP contribution in [0.15, 0.2) is 57.7 Å². The van der Waals surface area contributed by atoms with E-state index in [0.29, 0.717) is 23.8 Å². The summed E-state index contributed by atoms with van der Waals surface area (Å²) in [7, 11) is 1.68. The number of ether oxygens (including phenoxy) is 1. The predicted octanol–water partition coefficient (Wildman–Crippen LogP) is 3.25. The summed E-state index contributed by atoms with van der Waals surface area (Å²) in [6, 6.07) is 11.2. The zero-order valence-corrected chi connectivity index (χ0v) is 13.6. The van der Waals surface area contributed by atoms with Crippen molar-refractivity contribution in [1.29, 1.82) is 0 Å². The Morgan fingerprint density at radius 1 is 1.28 bits per heavy atom. The molecule has 3 aromatic rings. The number of nitrogens with zero attached hydrogens (tertiary/aromatic N) is 2. The number of hydrogen-bond acceptors (Lipinski definition) is 5. The molecule has 0 spiro atoms. The molecule has 1 aromatic carbocycles. The van der Waals surface area contributed by atoms with E-state index < -0.39 is 0 Å². The van der Waals surface area contributed by atoms with Crippen LogP contribution < -0.4 is 0 Å². The van der Waals surface area contributed by atoms with E-state index in [9.17, 15) is 9.18 Å². The fourth-order valence-corrected chi connectivity index (χ4v) is 2.21. The lowest BCUT2D eigenvalue weighted by atomic mass is 10.1. The molecule has 0 N–H and O–H groups in total. The summed E-state index contributed by atoms with van der Waals surface area (Å²) >= 11 is 0. The first-order valence-electron chi connectivity index (χ1n) is 7.67. The minimum atomic E-state index is -0.316. The predicted molar refractivity (Wildman–Crippen MR) is 86.7 cm³/mol. The van der Waals surface area contributed by atoms with Crippen LogP contribution in [0.25, 0.3) is 11.3 Å². The highest BCUT2D eigenvalue weighted by atomic mass is 19.1. The molecule has 6 nitrogen and oxygen atoms in total. The lowest BCUT2D eigenvalue weighted by Crippen LogP contribution is -2.29. The van der Waals surface area contributed by atoms with Crippen LogP contribution in [0.1, 0.15) is 11.5 Å². The first-order valence-corrected chi connectivity index (χ1v) is 7.67. The molecule has 0 aliphatic carbocycles. The van der Waals surface area contributed by atoms with Crippen LogP contribution in [0.5, 0.6) is 0 Å². The number of aromatic nitrogens is 1. The lowest BCUT2D eigenvalue weighted by molar-refractivity contribution is -0.136. The first kappa shape index (κ1) is 16.9. The van der Waals surface area contributed by atoms with Crippen LogP contribution in [0.2, 0.25) is 0 Å².